The molecule has 0 unspecified atom stereocenters. The third-order valence-corrected chi connectivity index (χ3v) is 2.76. The molecule has 3 nitrogen and oxygen atoms in total. The van der Waals surface area contributed by atoms with Crippen LogP contribution in [-0.4, -0.2) is 10.1 Å². The summed E-state index contributed by atoms with van der Waals surface area (Å²) in [7, 11) is 0. The number of aryl methyl sites for hydroxylation is 2. The molecule has 1 aromatic heterocycles. The smallest absolute Gasteiger partial charge is 0.145 e. The first kappa shape index (κ1) is 12.6. The molecule has 0 bridgehead atoms. The number of hydrogen-bond donors (Lipinski definition) is 1. The van der Waals surface area contributed by atoms with Gasteiger partial charge in [0, 0.05) is 0 Å². The van der Waals surface area contributed by atoms with Crippen LogP contribution in [0.1, 0.15) is 29.8 Å². The highest BCUT2D eigenvalue weighted by Gasteiger charge is 2.05. The number of aliphatic hydroxyl groups is 1. The van der Waals surface area contributed by atoms with Gasteiger partial charge in [-0.05, 0) is 50.1 Å². The number of aliphatic hydroxyl groups excluding tert-OH is 1. The summed E-state index contributed by atoms with van der Waals surface area (Å²) < 4.78 is 5.78. The van der Waals surface area contributed by atoms with Gasteiger partial charge in [0.2, 0.25) is 0 Å². The molecule has 94 valence electrons. The van der Waals surface area contributed by atoms with Crippen molar-refractivity contribution in [3.05, 3.63) is 53.3 Å². The van der Waals surface area contributed by atoms with E-state index in [1.165, 1.54) is 0 Å². The first-order valence-corrected chi connectivity index (χ1v) is 5.95. The minimum Gasteiger partial charge on any atom is -0.455 e. The molecule has 3 heteroatoms. The van der Waals surface area contributed by atoms with Crippen LogP contribution in [0.15, 0.2) is 36.5 Å². The Balaban J connectivity index is 2.21. The Morgan fingerprint density at radius 1 is 1.17 bits per heavy atom. The van der Waals surface area contributed by atoms with E-state index in [1.54, 1.807) is 19.2 Å². The minimum absolute atomic E-state index is 0.556. The zero-order valence-electron chi connectivity index (χ0n) is 10.8. The zero-order valence-corrected chi connectivity index (χ0v) is 10.8. The highest BCUT2D eigenvalue weighted by molar-refractivity contribution is 5.39. The van der Waals surface area contributed by atoms with Crippen molar-refractivity contribution in [2.24, 2.45) is 0 Å². The molecule has 0 spiro atoms. The van der Waals surface area contributed by atoms with Gasteiger partial charge in [0.15, 0.2) is 0 Å². The van der Waals surface area contributed by atoms with E-state index in [1.807, 2.05) is 32.0 Å². The third-order valence-electron chi connectivity index (χ3n) is 2.76. The van der Waals surface area contributed by atoms with E-state index >= 15 is 0 Å². The third kappa shape index (κ3) is 2.87. The number of pyridine rings is 1. The Morgan fingerprint density at radius 3 is 2.56 bits per heavy atom. The summed E-state index contributed by atoms with van der Waals surface area (Å²) in [5.41, 5.74) is 2.88. The summed E-state index contributed by atoms with van der Waals surface area (Å²) in [5, 5.41) is 9.38. The minimum atomic E-state index is -0.556. The molecule has 2 aromatic rings. The molecular weight excluding hydrogens is 226 g/mol. The average Bonchev–Trinajstić information content (AvgIpc) is 2.34. The van der Waals surface area contributed by atoms with Crippen LogP contribution in [0.25, 0.3) is 0 Å². The molecule has 2 rings (SSSR count). The largest absolute Gasteiger partial charge is 0.455 e. The van der Waals surface area contributed by atoms with Crippen molar-refractivity contribution in [3.8, 4) is 11.5 Å². The standard InChI is InChI=1S/C15H17NO2/c1-10-4-5-11(2)15(8-10)18-13-6-7-14(12(3)17)16-9-13/h4-9,12,17H,1-3H3/t12-/m1/s1. The van der Waals surface area contributed by atoms with E-state index in [4.69, 9.17) is 4.74 Å². The quantitative estimate of drug-likeness (QED) is 0.896. The maximum Gasteiger partial charge on any atom is 0.145 e. The van der Waals surface area contributed by atoms with Gasteiger partial charge in [-0.3, -0.25) is 4.98 Å². The van der Waals surface area contributed by atoms with Crippen LogP contribution in [0.4, 0.5) is 0 Å². The fourth-order valence-electron chi connectivity index (χ4n) is 1.64. The molecule has 1 heterocycles. The first-order valence-electron chi connectivity index (χ1n) is 5.95. The molecule has 0 aliphatic heterocycles. The van der Waals surface area contributed by atoms with E-state index in [0.717, 1.165) is 16.9 Å². The normalized spacial score (nSPS) is 12.2. The van der Waals surface area contributed by atoms with Crippen molar-refractivity contribution >= 4 is 0 Å². The number of nitrogens with zero attached hydrogens (tertiary/aromatic N) is 1. The second-order valence-corrected chi connectivity index (χ2v) is 4.47. The molecule has 0 saturated carbocycles. The van der Waals surface area contributed by atoms with Crippen molar-refractivity contribution in [2.45, 2.75) is 26.9 Å². The van der Waals surface area contributed by atoms with Gasteiger partial charge < -0.3 is 9.84 Å². The fraction of sp³-hybridized carbons (Fsp3) is 0.267. The zero-order chi connectivity index (χ0) is 13.1. The number of benzene rings is 1. The Labute approximate surface area is 107 Å². The lowest BCUT2D eigenvalue weighted by Gasteiger charge is -2.10. The summed E-state index contributed by atoms with van der Waals surface area (Å²) in [5.74, 6) is 1.51. The monoisotopic (exact) mass is 243 g/mol. The van der Waals surface area contributed by atoms with E-state index in [2.05, 4.69) is 11.1 Å². The molecule has 0 aliphatic carbocycles. The van der Waals surface area contributed by atoms with Gasteiger partial charge in [0.05, 0.1) is 18.0 Å². The molecular formula is C15H17NO2. The van der Waals surface area contributed by atoms with Gasteiger partial charge in [0.1, 0.15) is 11.5 Å². The highest BCUT2D eigenvalue weighted by atomic mass is 16.5. The predicted molar refractivity (Wildman–Crippen MR) is 70.9 cm³/mol. The lowest BCUT2D eigenvalue weighted by atomic mass is 10.1. The predicted octanol–water partition coefficient (Wildman–Crippen LogP) is 3.54. The van der Waals surface area contributed by atoms with Crippen molar-refractivity contribution in [1.82, 2.24) is 4.98 Å². The molecule has 0 amide bonds. The van der Waals surface area contributed by atoms with E-state index < -0.39 is 6.10 Å². The van der Waals surface area contributed by atoms with Crippen LogP contribution in [0.3, 0.4) is 0 Å². The van der Waals surface area contributed by atoms with E-state index in [-0.39, 0.29) is 0 Å². The molecule has 1 aromatic carbocycles. The molecule has 0 aliphatic rings. The SMILES string of the molecule is Cc1ccc(C)c(Oc2ccc([C@@H](C)O)nc2)c1. The van der Waals surface area contributed by atoms with Crippen molar-refractivity contribution < 1.29 is 9.84 Å². The Hall–Kier alpha value is -1.87. The maximum absolute atomic E-state index is 9.38. The maximum atomic E-state index is 9.38. The summed E-state index contributed by atoms with van der Waals surface area (Å²) in [4.78, 5) is 4.15. The lowest BCUT2D eigenvalue weighted by molar-refractivity contribution is 0.194. The highest BCUT2D eigenvalue weighted by Crippen LogP contribution is 2.26. The first-order chi connectivity index (χ1) is 8.56. The lowest BCUT2D eigenvalue weighted by Crippen LogP contribution is -1.95. The molecule has 18 heavy (non-hydrogen) atoms. The van der Waals surface area contributed by atoms with Crippen LogP contribution in [-0.2, 0) is 0 Å². The van der Waals surface area contributed by atoms with Crippen molar-refractivity contribution in [1.29, 1.82) is 0 Å². The van der Waals surface area contributed by atoms with Gasteiger partial charge in [0.25, 0.3) is 0 Å². The second-order valence-electron chi connectivity index (χ2n) is 4.47. The molecule has 1 N–H and O–H groups in total. The topological polar surface area (TPSA) is 42.4 Å². The second kappa shape index (κ2) is 5.19. The number of hydrogen-bond acceptors (Lipinski definition) is 3. The fourth-order valence-corrected chi connectivity index (χ4v) is 1.64. The molecule has 0 saturated heterocycles. The van der Waals surface area contributed by atoms with Crippen LogP contribution in [0.5, 0.6) is 11.5 Å². The number of rotatable bonds is 3. The van der Waals surface area contributed by atoms with Crippen LogP contribution in [0, 0.1) is 13.8 Å². The Kier molecular flexibility index (Phi) is 3.63. The van der Waals surface area contributed by atoms with Gasteiger partial charge in [-0.1, -0.05) is 12.1 Å². The van der Waals surface area contributed by atoms with E-state index in [9.17, 15) is 5.11 Å². The van der Waals surface area contributed by atoms with Crippen molar-refractivity contribution in [3.63, 3.8) is 0 Å². The molecule has 0 radical (unpaired) electrons. The summed E-state index contributed by atoms with van der Waals surface area (Å²) in [6, 6.07) is 9.67. The van der Waals surface area contributed by atoms with Gasteiger partial charge in [-0.2, -0.15) is 0 Å². The van der Waals surface area contributed by atoms with Gasteiger partial charge in [-0.15, -0.1) is 0 Å². The van der Waals surface area contributed by atoms with Gasteiger partial charge >= 0.3 is 0 Å². The summed E-state index contributed by atoms with van der Waals surface area (Å²) in [6.07, 6.45) is 1.07. The van der Waals surface area contributed by atoms with Gasteiger partial charge in [-0.25, -0.2) is 0 Å². The molecule has 1 atom stereocenters. The number of aromatic nitrogens is 1. The summed E-state index contributed by atoms with van der Waals surface area (Å²) >= 11 is 0. The average molecular weight is 243 g/mol. The van der Waals surface area contributed by atoms with Crippen molar-refractivity contribution in [2.75, 3.05) is 0 Å². The van der Waals surface area contributed by atoms with E-state index in [0.29, 0.717) is 11.4 Å². The summed E-state index contributed by atoms with van der Waals surface area (Å²) in [6.45, 7) is 5.72. The van der Waals surface area contributed by atoms with Crippen LogP contribution in [0.2, 0.25) is 0 Å². The Morgan fingerprint density at radius 2 is 1.94 bits per heavy atom. The van der Waals surface area contributed by atoms with Crippen LogP contribution >= 0.6 is 0 Å². The number of ether oxygens (including phenoxy) is 1. The van der Waals surface area contributed by atoms with Crippen LogP contribution < -0.4 is 4.74 Å². The Bertz CT molecular complexity index is 533. The molecule has 0 fully saturated rings.